The lowest BCUT2D eigenvalue weighted by molar-refractivity contribution is -0.128. The molecule has 1 amide bonds. The van der Waals surface area contributed by atoms with Crippen molar-refractivity contribution in [1.82, 2.24) is 5.32 Å². The molecule has 3 heteroatoms. The lowest BCUT2D eigenvalue weighted by Crippen LogP contribution is -2.46. The molecule has 0 aromatic carbocycles. The van der Waals surface area contributed by atoms with Gasteiger partial charge in [0.05, 0.1) is 6.07 Å². The van der Waals surface area contributed by atoms with Crippen LogP contribution in [0.5, 0.6) is 0 Å². The maximum atomic E-state index is 11.9. The van der Waals surface area contributed by atoms with Crippen molar-refractivity contribution in [2.75, 3.05) is 0 Å². The maximum absolute atomic E-state index is 11.9. The van der Waals surface area contributed by atoms with Crippen LogP contribution < -0.4 is 5.32 Å². The van der Waals surface area contributed by atoms with Gasteiger partial charge in [-0.05, 0) is 32.6 Å². The third kappa shape index (κ3) is 2.98. The predicted molar refractivity (Wildman–Crippen MR) is 63.6 cm³/mol. The molecule has 0 saturated heterocycles. The van der Waals surface area contributed by atoms with Gasteiger partial charge < -0.3 is 5.32 Å². The average molecular weight is 222 g/mol. The normalized spacial score (nSPS) is 25.9. The molecule has 1 aliphatic carbocycles. The molecule has 1 aliphatic rings. The lowest BCUT2D eigenvalue weighted by atomic mass is 9.82. The second kappa shape index (κ2) is 5.34. The zero-order valence-electron chi connectivity index (χ0n) is 10.5. The van der Waals surface area contributed by atoms with Crippen LogP contribution in [0, 0.1) is 22.7 Å². The third-order valence-corrected chi connectivity index (χ3v) is 3.60. The van der Waals surface area contributed by atoms with Crippen LogP contribution >= 0.6 is 0 Å². The van der Waals surface area contributed by atoms with Crippen molar-refractivity contribution in [3.05, 3.63) is 0 Å². The van der Waals surface area contributed by atoms with Crippen molar-refractivity contribution in [1.29, 1.82) is 5.26 Å². The highest BCUT2D eigenvalue weighted by Gasteiger charge is 2.32. The number of nitrogens with zero attached hydrogens (tertiary/aromatic N) is 1. The zero-order valence-corrected chi connectivity index (χ0v) is 10.5. The van der Waals surface area contributed by atoms with Crippen molar-refractivity contribution in [2.24, 2.45) is 11.3 Å². The van der Waals surface area contributed by atoms with E-state index in [2.05, 4.69) is 18.3 Å². The van der Waals surface area contributed by atoms with Gasteiger partial charge in [-0.15, -0.1) is 0 Å². The van der Waals surface area contributed by atoms with Crippen molar-refractivity contribution in [3.8, 4) is 6.07 Å². The van der Waals surface area contributed by atoms with Gasteiger partial charge >= 0.3 is 0 Å². The Balaban J connectivity index is 2.59. The molecule has 0 heterocycles. The number of carbonyl (C=O) groups is 1. The van der Waals surface area contributed by atoms with E-state index in [1.165, 1.54) is 19.3 Å². The number of rotatable bonds is 3. The molecule has 90 valence electrons. The van der Waals surface area contributed by atoms with E-state index in [1.807, 2.05) is 0 Å². The Morgan fingerprint density at radius 2 is 2.06 bits per heavy atom. The predicted octanol–water partition coefficient (Wildman–Crippen LogP) is 2.62. The van der Waals surface area contributed by atoms with Crippen molar-refractivity contribution in [2.45, 2.75) is 58.9 Å². The van der Waals surface area contributed by atoms with Gasteiger partial charge in [-0.1, -0.05) is 26.2 Å². The highest BCUT2D eigenvalue weighted by Crippen LogP contribution is 2.27. The summed E-state index contributed by atoms with van der Waals surface area (Å²) in [6.07, 6.45) is 5.83. The average Bonchev–Trinajstić information content (AvgIpc) is 2.29. The molecule has 2 unspecified atom stereocenters. The van der Waals surface area contributed by atoms with E-state index in [0.717, 1.165) is 12.8 Å². The summed E-state index contributed by atoms with van der Waals surface area (Å²) in [5.41, 5.74) is -0.907. The summed E-state index contributed by atoms with van der Waals surface area (Å²) in [6, 6.07) is 2.33. The Morgan fingerprint density at radius 3 is 2.62 bits per heavy atom. The van der Waals surface area contributed by atoms with Crippen molar-refractivity contribution >= 4 is 5.91 Å². The highest BCUT2D eigenvalue weighted by molar-refractivity contribution is 5.84. The summed E-state index contributed by atoms with van der Waals surface area (Å²) < 4.78 is 0. The van der Waals surface area contributed by atoms with Crippen molar-refractivity contribution < 1.29 is 4.79 Å². The molecule has 0 radical (unpaired) electrons. The Bertz CT molecular complexity index is 291. The fourth-order valence-electron chi connectivity index (χ4n) is 2.29. The minimum Gasteiger partial charge on any atom is -0.352 e. The smallest absolute Gasteiger partial charge is 0.240 e. The first-order valence-electron chi connectivity index (χ1n) is 6.23. The van der Waals surface area contributed by atoms with E-state index in [0.29, 0.717) is 5.92 Å². The summed E-state index contributed by atoms with van der Waals surface area (Å²) in [4.78, 5) is 11.9. The molecule has 0 aliphatic heterocycles. The van der Waals surface area contributed by atoms with Gasteiger partial charge in [-0.2, -0.15) is 5.26 Å². The Kier molecular flexibility index (Phi) is 4.35. The molecule has 2 atom stereocenters. The standard InChI is InChI=1S/C13H22N2O/c1-4-10-7-5-6-8-11(10)15-12(16)13(2,3)9-14/h10-11H,4-8H2,1-3H3,(H,15,16). The van der Waals surface area contributed by atoms with Crippen LogP contribution in [0.1, 0.15) is 52.9 Å². The first kappa shape index (κ1) is 13.0. The van der Waals surface area contributed by atoms with Crippen LogP contribution in [-0.2, 0) is 4.79 Å². The first-order chi connectivity index (χ1) is 7.51. The topological polar surface area (TPSA) is 52.9 Å². The van der Waals surface area contributed by atoms with Gasteiger partial charge in [0, 0.05) is 6.04 Å². The summed E-state index contributed by atoms with van der Waals surface area (Å²) >= 11 is 0. The van der Waals surface area contributed by atoms with E-state index >= 15 is 0 Å². The Morgan fingerprint density at radius 1 is 1.44 bits per heavy atom. The summed E-state index contributed by atoms with van der Waals surface area (Å²) in [5, 5.41) is 12.0. The van der Waals surface area contributed by atoms with Crippen LogP contribution in [0.4, 0.5) is 0 Å². The highest BCUT2D eigenvalue weighted by atomic mass is 16.2. The van der Waals surface area contributed by atoms with Gasteiger partial charge in [-0.3, -0.25) is 4.79 Å². The summed E-state index contributed by atoms with van der Waals surface area (Å²) in [6.45, 7) is 5.52. The molecule has 0 spiro atoms. The molecule has 0 bridgehead atoms. The van der Waals surface area contributed by atoms with Crippen LogP contribution in [0.15, 0.2) is 0 Å². The number of amides is 1. The second-order valence-corrected chi connectivity index (χ2v) is 5.27. The second-order valence-electron chi connectivity index (χ2n) is 5.27. The fraction of sp³-hybridized carbons (Fsp3) is 0.846. The minimum absolute atomic E-state index is 0.125. The van der Waals surface area contributed by atoms with E-state index in [-0.39, 0.29) is 11.9 Å². The first-order valence-corrected chi connectivity index (χ1v) is 6.23. The van der Waals surface area contributed by atoms with Crippen LogP contribution in [0.25, 0.3) is 0 Å². The van der Waals surface area contributed by atoms with Crippen molar-refractivity contribution in [3.63, 3.8) is 0 Å². The number of hydrogen-bond acceptors (Lipinski definition) is 2. The van der Waals surface area contributed by atoms with Gasteiger partial charge in [-0.25, -0.2) is 0 Å². The molecule has 0 aromatic rings. The maximum Gasteiger partial charge on any atom is 0.240 e. The number of carbonyl (C=O) groups excluding carboxylic acids is 1. The van der Waals surface area contributed by atoms with E-state index in [9.17, 15) is 4.79 Å². The van der Waals surface area contributed by atoms with E-state index < -0.39 is 5.41 Å². The molecule has 16 heavy (non-hydrogen) atoms. The molecular formula is C13H22N2O. The molecule has 0 aromatic heterocycles. The minimum atomic E-state index is -0.907. The SMILES string of the molecule is CCC1CCCCC1NC(=O)C(C)(C)C#N. The number of hydrogen-bond donors (Lipinski definition) is 1. The molecule has 3 nitrogen and oxygen atoms in total. The molecule has 1 fully saturated rings. The lowest BCUT2D eigenvalue weighted by Gasteiger charge is -2.33. The third-order valence-electron chi connectivity index (χ3n) is 3.60. The van der Waals surface area contributed by atoms with Crippen LogP contribution in [0.2, 0.25) is 0 Å². The van der Waals surface area contributed by atoms with Gasteiger partial charge in [0.15, 0.2) is 0 Å². The fourth-order valence-corrected chi connectivity index (χ4v) is 2.29. The largest absolute Gasteiger partial charge is 0.352 e. The summed E-state index contributed by atoms with van der Waals surface area (Å²) in [5.74, 6) is 0.465. The summed E-state index contributed by atoms with van der Waals surface area (Å²) in [7, 11) is 0. The molecule has 1 saturated carbocycles. The molecular weight excluding hydrogens is 200 g/mol. The molecule has 1 N–H and O–H groups in total. The van der Waals surface area contributed by atoms with Crippen LogP contribution in [0.3, 0.4) is 0 Å². The Labute approximate surface area is 98.2 Å². The quantitative estimate of drug-likeness (QED) is 0.798. The molecule has 1 rings (SSSR count). The monoisotopic (exact) mass is 222 g/mol. The van der Waals surface area contributed by atoms with E-state index in [1.54, 1.807) is 13.8 Å². The van der Waals surface area contributed by atoms with E-state index in [4.69, 9.17) is 5.26 Å². The zero-order chi connectivity index (χ0) is 12.2. The van der Waals surface area contributed by atoms with Gasteiger partial charge in [0.2, 0.25) is 5.91 Å². The Hall–Kier alpha value is -1.04. The van der Waals surface area contributed by atoms with Gasteiger partial charge in [0.25, 0.3) is 0 Å². The van der Waals surface area contributed by atoms with Gasteiger partial charge in [0.1, 0.15) is 5.41 Å². The number of nitrogens with one attached hydrogen (secondary N) is 1. The van der Waals surface area contributed by atoms with Crippen LogP contribution in [-0.4, -0.2) is 11.9 Å². The number of nitriles is 1.